The highest BCUT2D eigenvalue weighted by Gasteiger charge is 2.28. The zero-order chi connectivity index (χ0) is 11.1. The van der Waals surface area contributed by atoms with E-state index in [1.165, 1.54) is 16.8 Å². The number of nitrogens with two attached hydrogens (primary N) is 1. The molecule has 1 aliphatic rings. The fourth-order valence-corrected chi connectivity index (χ4v) is 2.12. The number of para-hydroxylation sites is 1. The molecule has 0 atom stereocenters. The highest BCUT2D eigenvalue weighted by molar-refractivity contribution is 5.82. The predicted molar refractivity (Wildman–Crippen MR) is 66.0 cm³/mol. The minimum absolute atomic E-state index is 0.0447. The number of benzene rings is 1. The molecule has 0 saturated heterocycles. The van der Waals surface area contributed by atoms with Gasteiger partial charge in [0.25, 0.3) is 0 Å². The maximum Gasteiger partial charge on any atom is 0.0531 e. The maximum atomic E-state index is 5.80. The van der Waals surface area contributed by atoms with Crippen LogP contribution < -0.4 is 10.6 Å². The van der Waals surface area contributed by atoms with Gasteiger partial charge in [-0.15, -0.1) is 0 Å². The lowest BCUT2D eigenvalue weighted by molar-refractivity contribution is 0.597. The molecule has 0 radical (unpaired) electrons. The highest BCUT2D eigenvalue weighted by Crippen LogP contribution is 2.36. The van der Waals surface area contributed by atoms with Crippen LogP contribution in [0, 0.1) is 0 Å². The normalized spacial score (nSPS) is 18.4. The number of likely N-dealkylation sites (N-methyl/N-ethyl adjacent to an activating group) is 1. The molecule has 0 aromatic heterocycles. The van der Waals surface area contributed by atoms with Gasteiger partial charge in [0.1, 0.15) is 0 Å². The smallest absolute Gasteiger partial charge is 0.0531 e. The zero-order valence-corrected chi connectivity index (χ0v) is 9.62. The van der Waals surface area contributed by atoms with Gasteiger partial charge >= 0.3 is 0 Å². The molecule has 0 unspecified atom stereocenters. The van der Waals surface area contributed by atoms with E-state index in [4.69, 9.17) is 5.73 Å². The average molecular weight is 202 g/mol. The van der Waals surface area contributed by atoms with E-state index in [9.17, 15) is 0 Å². The lowest BCUT2D eigenvalue weighted by Crippen LogP contribution is -2.42. The lowest BCUT2D eigenvalue weighted by atomic mass is 9.89. The first-order valence-electron chi connectivity index (χ1n) is 5.31. The van der Waals surface area contributed by atoms with Crippen LogP contribution in [0.5, 0.6) is 0 Å². The predicted octanol–water partition coefficient (Wildman–Crippen LogP) is 2.26. The monoisotopic (exact) mass is 202 g/mol. The van der Waals surface area contributed by atoms with Gasteiger partial charge in [-0.2, -0.15) is 0 Å². The van der Waals surface area contributed by atoms with Gasteiger partial charge in [-0.25, -0.2) is 0 Å². The van der Waals surface area contributed by atoms with Crippen molar-refractivity contribution in [2.75, 3.05) is 18.5 Å². The summed E-state index contributed by atoms with van der Waals surface area (Å²) in [7, 11) is 2.13. The Morgan fingerprint density at radius 2 is 1.93 bits per heavy atom. The van der Waals surface area contributed by atoms with Crippen LogP contribution in [0.15, 0.2) is 30.3 Å². The molecular formula is C13H18N2. The Kier molecular flexibility index (Phi) is 2.31. The average Bonchev–Trinajstić information content (AvgIpc) is 2.24. The van der Waals surface area contributed by atoms with Gasteiger partial charge in [0.15, 0.2) is 0 Å². The fraction of sp³-hybridized carbons (Fsp3) is 0.385. The third-order valence-corrected chi connectivity index (χ3v) is 3.22. The van der Waals surface area contributed by atoms with Crippen LogP contribution in [0.4, 0.5) is 5.69 Å². The largest absolute Gasteiger partial charge is 0.366 e. The molecule has 0 spiro atoms. The van der Waals surface area contributed by atoms with Crippen LogP contribution in [0.2, 0.25) is 0 Å². The van der Waals surface area contributed by atoms with Crippen molar-refractivity contribution in [3.63, 3.8) is 0 Å². The molecule has 0 bridgehead atoms. The summed E-state index contributed by atoms with van der Waals surface area (Å²) >= 11 is 0. The highest BCUT2D eigenvalue weighted by atomic mass is 15.2. The summed E-state index contributed by atoms with van der Waals surface area (Å²) in [6.45, 7) is 5.02. The third kappa shape index (κ3) is 1.55. The van der Waals surface area contributed by atoms with Crippen LogP contribution in [-0.4, -0.2) is 19.1 Å². The molecule has 1 aromatic rings. The van der Waals surface area contributed by atoms with Crippen LogP contribution in [-0.2, 0) is 0 Å². The standard InChI is InChI=1S/C13H18N2/c1-13(2)8-10(9-14)11-6-4-5-7-12(11)15(13)3/h4-8H,9,14H2,1-3H3. The van der Waals surface area contributed by atoms with Crippen molar-refractivity contribution in [3.8, 4) is 0 Å². The zero-order valence-electron chi connectivity index (χ0n) is 9.62. The topological polar surface area (TPSA) is 29.3 Å². The van der Waals surface area contributed by atoms with E-state index in [-0.39, 0.29) is 5.54 Å². The number of anilines is 1. The van der Waals surface area contributed by atoms with Gasteiger partial charge in [-0.05, 0) is 25.5 Å². The second kappa shape index (κ2) is 3.38. The van der Waals surface area contributed by atoms with Crippen molar-refractivity contribution < 1.29 is 0 Å². The molecule has 0 aliphatic carbocycles. The van der Waals surface area contributed by atoms with Crippen molar-refractivity contribution in [3.05, 3.63) is 35.9 Å². The van der Waals surface area contributed by atoms with E-state index in [0.717, 1.165) is 0 Å². The Labute approximate surface area is 91.4 Å². The van der Waals surface area contributed by atoms with Crippen LogP contribution in [0.1, 0.15) is 19.4 Å². The molecule has 0 amide bonds. The van der Waals surface area contributed by atoms with Crippen LogP contribution >= 0.6 is 0 Å². The molecule has 0 fully saturated rings. The molecule has 80 valence electrons. The number of rotatable bonds is 1. The summed E-state index contributed by atoms with van der Waals surface area (Å²) in [5.41, 5.74) is 9.62. The van der Waals surface area contributed by atoms with E-state index in [0.29, 0.717) is 6.54 Å². The summed E-state index contributed by atoms with van der Waals surface area (Å²) in [6, 6.07) is 8.43. The molecule has 1 aromatic carbocycles. The molecule has 1 heterocycles. The minimum Gasteiger partial charge on any atom is -0.366 e. The van der Waals surface area contributed by atoms with E-state index in [1.54, 1.807) is 0 Å². The SMILES string of the molecule is CN1c2ccccc2C(CN)=CC1(C)C. The number of nitrogens with zero attached hydrogens (tertiary/aromatic N) is 1. The molecule has 2 nitrogen and oxygen atoms in total. The van der Waals surface area contributed by atoms with Gasteiger partial charge in [0.2, 0.25) is 0 Å². The number of hydrogen-bond acceptors (Lipinski definition) is 2. The van der Waals surface area contributed by atoms with E-state index in [1.807, 2.05) is 0 Å². The number of hydrogen-bond donors (Lipinski definition) is 1. The second-order valence-electron chi connectivity index (χ2n) is 4.60. The van der Waals surface area contributed by atoms with E-state index in [2.05, 4.69) is 56.1 Å². The minimum atomic E-state index is 0.0447. The Hall–Kier alpha value is -1.28. The van der Waals surface area contributed by atoms with E-state index < -0.39 is 0 Å². The Morgan fingerprint density at radius 1 is 1.27 bits per heavy atom. The summed E-state index contributed by atoms with van der Waals surface area (Å²) in [5, 5.41) is 0. The van der Waals surface area contributed by atoms with E-state index >= 15 is 0 Å². The Balaban J connectivity index is 2.61. The Bertz CT molecular complexity index is 405. The molecule has 2 rings (SSSR count). The summed E-state index contributed by atoms with van der Waals surface area (Å²) in [4.78, 5) is 2.29. The van der Waals surface area contributed by atoms with Gasteiger partial charge in [-0.1, -0.05) is 24.3 Å². The van der Waals surface area contributed by atoms with Gasteiger partial charge < -0.3 is 10.6 Å². The first-order chi connectivity index (χ1) is 7.06. The first-order valence-corrected chi connectivity index (χ1v) is 5.31. The van der Waals surface area contributed by atoms with Crippen molar-refractivity contribution in [2.45, 2.75) is 19.4 Å². The lowest BCUT2D eigenvalue weighted by Gasteiger charge is -2.40. The number of fused-ring (bicyclic) bond motifs is 1. The molecular weight excluding hydrogens is 184 g/mol. The van der Waals surface area contributed by atoms with Crippen molar-refractivity contribution in [2.24, 2.45) is 5.73 Å². The fourth-order valence-electron chi connectivity index (χ4n) is 2.12. The quantitative estimate of drug-likeness (QED) is 0.757. The Morgan fingerprint density at radius 3 is 2.60 bits per heavy atom. The molecule has 15 heavy (non-hydrogen) atoms. The van der Waals surface area contributed by atoms with Crippen molar-refractivity contribution >= 4 is 11.3 Å². The van der Waals surface area contributed by atoms with Gasteiger partial charge in [-0.3, -0.25) is 0 Å². The summed E-state index contributed by atoms with van der Waals surface area (Å²) in [5.74, 6) is 0. The van der Waals surface area contributed by atoms with Gasteiger partial charge in [0, 0.05) is 24.8 Å². The molecule has 0 saturated carbocycles. The molecule has 2 heteroatoms. The molecule has 1 aliphatic heterocycles. The third-order valence-electron chi connectivity index (χ3n) is 3.22. The first kappa shape index (κ1) is 10.2. The summed E-state index contributed by atoms with van der Waals surface area (Å²) < 4.78 is 0. The molecule has 2 N–H and O–H groups in total. The van der Waals surface area contributed by atoms with Gasteiger partial charge in [0.05, 0.1) is 5.54 Å². The van der Waals surface area contributed by atoms with Crippen LogP contribution in [0.25, 0.3) is 5.57 Å². The second-order valence-corrected chi connectivity index (χ2v) is 4.60. The van der Waals surface area contributed by atoms with Crippen molar-refractivity contribution in [1.29, 1.82) is 0 Å². The summed E-state index contributed by atoms with van der Waals surface area (Å²) in [6.07, 6.45) is 2.26. The maximum absolute atomic E-state index is 5.80. The van der Waals surface area contributed by atoms with Crippen molar-refractivity contribution in [1.82, 2.24) is 0 Å². The van der Waals surface area contributed by atoms with Crippen LogP contribution in [0.3, 0.4) is 0 Å².